The summed E-state index contributed by atoms with van der Waals surface area (Å²) in [6, 6.07) is 9.09. The predicted molar refractivity (Wildman–Crippen MR) is 93.7 cm³/mol. The Balaban J connectivity index is 0. The SMILES string of the molecule is N#CCC[P+]1(CCC#N)CC[P+](CCC#N)(CCC#N)CC1.[I-].[I-]. The van der Waals surface area contributed by atoms with Crippen molar-refractivity contribution in [2.24, 2.45) is 0 Å². The quantitative estimate of drug-likeness (QED) is 0.236. The van der Waals surface area contributed by atoms with E-state index >= 15 is 0 Å². The Morgan fingerprint density at radius 2 is 0.708 bits per heavy atom. The highest BCUT2D eigenvalue weighted by molar-refractivity contribution is 7.83. The molecule has 8 heteroatoms. The number of halogens is 2. The van der Waals surface area contributed by atoms with Crippen molar-refractivity contribution in [2.45, 2.75) is 25.7 Å². The van der Waals surface area contributed by atoms with Gasteiger partial charge in [-0.2, -0.15) is 21.0 Å². The molecule has 1 fully saturated rings. The van der Waals surface area contributed by atoms with Gasteiger partial charge in [0.15, 0.2) is 0 Å². The second kappa shape index (κ2) is 14.4. The van der Waals surface area contributed by atoms with E-state index in [1.54, 1.807) is 0 Å². The molecule has 4 nitrogen and oxygen atoms in total. The van der Waals surface area contributed by atoms with Crippen LogP contribution in [-0.2, 0) is 0 Å². The van der Waals surface area contributed by atoms with Crippen LogP contribution < -0.4 is 48.0 Å². The average molecular weight is 588 g/mol. The van der Waals surface area contributed by atoms with Crippen LogP contribution in [0.15, 0.2) is 0 Å². The lowest BCUT2D eigenvalue weighted by atomic mass is 10.5. The highest BCUT2D eigenvalue weighted by atomic mass is 127. The van der Waals surface area contributed by atoms with Crippen LogP contribution in [-0.4, -0.2) is 49.3 Å². The minimum absolute atomic E-state index is 0. The molecule has 132 valence electrons. The van der Waals surface area contributed by atoms with Gasteiger partial charge in [0.2, 0.25) is 0 Å². The molecule has 1 heterocycles. The maximum Gasteiger partial charge on any atom is 0.0931 e. The Labute approximate surface area is 181 Å². The molecule has 1 aliphatic rings. The van der Waals surface area contributed by atoms with E-state index in [9.17, 15) is 0 Å². The van der Waals surface area contributed by atoms with Crippen LogP contribution in [0.2, 0.25) is 0 Å². The van der Waals surface area contributed by atoms with Gasteiger partial charge < -0.3 is 48.0 Å². The first-order valence-corrected chi connectivity index (χ1v) is 12.9. The van der Waals surface area contributed by atoms with Gasteiger partial charge in [0.25, 0.3) is 0 Å². The molecule has 1 aliphatic heterocycles. The van der Waals surface area contributed by atoms with Crippen LogP contribution in [0.4, 0.5) is 0 Å². The van der Waals surface area contributed by atoms with Gasteiger partial charge in [-0.25, -0.2) is 0 Å². The summed E-state index contributed by atoms with van der Waals surface area (Å²) in [5, 5.41) is 35.6. The zero-order valence-corrected chi connectivity index (χ0v) is 20.0. The number of hydrogen-bond donors (Lipinski definition) is 0. The topological polar surface area (TPSA) is 95.2 Å². The summed E-state index contributed by atoms with van der Waals surface area (Å²) < 4.78 is 0. The van der Waals surface area contributed by atoms with Crippen LogP contribution in [0.25, 0.3) is 0 Å². The van der Waals surface area contributed by atoms with Crippen LogP contribution >= 0.6 is 14.5 Å². The van der Waals surface area contributed by atoms with Crippen molar-refractivity contribution in [3.05, 3.63) is 0 Å². The highest BCUT2D eigenvalue weighted by Gasteiger charge is 2.50. The fourth-order valence-electron chi connectivity index (χ4n) is 3.34. The lowest BCUT2D eigenvalue weighted by molar-refractivity contribution is -0.001000. The Kier molecular flexibility index (Phi) is 16.0. The maximum absolute atomic E-state index is 8.91. The Bertz CT molecular complexity index is 432. The summed E-state index contributed by atoms with van der Waals surface area (Å²) in [7, 11) is -2.30. The monoisotopic (exact) mass is 588 g/mol. The molecule has 0 aliphatic carbocycles. The van der Waals surface area contributed by atoms with Gasteiger partial charge in [0.05, 0.1) is 99.3 Å². The van der Waals surface area contributed by atoms with Gasteiger partial charge in [0, 0.05) is 14.5 Å². The van der Waals surface area contributed by atoms with Gasteiger partial charge in [-0.1, -0.05) is 0 Å². The van der Waals surface area contributed by atoms with E-state index in [1.807, 2.05) is 0 Å². The fourth-order valence-corrected chi connectivity index (χ4v) is 15.1. The summed E-state index contributed by atoms with van der Waals surface area (Å²) in [5.41, 5.74) is 0. The molecule has 0 aromatic rings. The molecule has 0 spiro atoms. The van der Waals surface area contributed by atoms with Crippen molar-refractivity contribution < 1.29 is 48.0 Å². The Morgan fingerprint density at radius 1 is 0.500 bits per heavy atom. The van der Waals surface area contributed by atoms with E-state index < -0.39 is 14.5 Å². The molecular weight excluding hydrogens is 564 g/mol. The van der Waals surface area contributed by atoms with Crippen molar-refractivity contribution in [3.8, 4) is 24.3 Å². The average Bonchev–Trinajstić information content (AvgIpc) is 2.56. The van der Waals surface area contributed by atoms with Crippen molar-refractivity contribution in [1.82, 2.24) is 0 Å². The molecule has 0 saturated carbocycles. The smallest absolute Gasteiger partial charge is 0.0931 e. The summed E-state index contributed by atoms with van der Waals surface area (Å²) >= 11 is 0. The fraction of sp³-hybridized carbons (Fsp3) is 0.750. The van der Waals surface area contributed by atoms with Gasteiger partial charge >= 0.3 is 0 Å². The zero-order chi connectivity index (χ0) is 16.3. The predicted octanol–water partition coefficient (Wildman–Crippen LogP) is -2.30. The lowest BCUT2D eigenvalue weighted by Crippen LogP contribution is -3.00. The van der Waals surface area contributed by atoms with Gasteiger partial charge in [-0.05, 0) is 0 Å². The van der Waals surface area contributed by atoms with Crippen molar-refractivity contribution in [3.63, 3.8) is 0 Å². The molecule has 0 N–H and O–H groups in total. The third kappa shape index (κ3) is 8.59. The van der Waals surface area contributed by atoms with Crippen LogP contribution in [0.3, 0.4) is 0 Å². The Hall–Kier alpha value is 0.280. The summed E-state index contributed by atoms with van der Waals surface area (Å²) in [4.78, 5) is 0. The summed E-state index contributed by atoms with van der Waals surface area (Å²) in [6.45, 7) is 0. The molecule has 0 aromatic carbocycles. The molecule has 0 bridgehead atoms. The van der Waals surface area contributed by atoms with Crippen LogP contribution in [0.1, 0.15) is 25.7 Å². The maximum atomic E-state index is 8.91. The third-order valence-corrected chi connectivity index (χ3v) is 15.0. The van der Waals surface area contributed by atoms with E-state index in [2.05, 4.69) is 24.3 Å². The normalized spacial score (nSPS) is 16.8. The largest absolute Gasteiger partial charge is 1.00 e. The standard InChI is InChI=1S/C16H24N4P2.2HI/c17-5-1-9-21(10-2-6-18)13-15-22(16-14-21,11-3-7-19)12-4-8-20;;/h1-4,9-16H2;2*1H/q+2;;/p-2. The highest BCUT2D eigenvalue weighted by Crippen LogP contribution is 2.72. The summed E-state index contributed by atoms with van der Waals surface area (Å²) in [6.07, 6.45) is 11.2. The number of hydrogen-bond acceptors (Lipinski definition) is 4. The second-order valence-electron chi connectivity index (χ2n) is 6.10. The van der Waals surface area contributed by atoms with Crippen molar-refractivity contribution in [1.29, 1.82) is 21.0 Å². The third-order valence-electron chi connectivity index (χ3n) is 4.89. The van der Waals surface area contributed by atoms with E-state index in [1.165, 1.54) is 24.6 Å². The van der Waals surface area contributed by atoms with E-state index in [0.717, 1.165) is 24.6 Å². The number of rotatable bonds is 8. The van der Waals surface area contributed by atoms with Crippen LogP contribution in [0.5, 0.6) is 0 Å². The first-order valence-electron chi connectivity index (χ1n) is 7.84. The molecule has 24 heavy (non-hydrogen) atoms. The van der Waals surface area contributed by atoms with Gasteiger partial charge in [0.1, 0.15) is 0 Å². The summed E-state index contributed by atoms with van der Waals surface area (Å²) in [5.74, 6) is 0. The van der Waals surface area contributed by atoms with Crippen LogP contribution in [0, 0.1) is 45.3 Å². The zero-order valence-electron chi connectivity index (χ0n) is 13.9. The Morgan fingerprint density at radius 3 is 0.875 bits per heavy atom. The first kappa shape index (κ1) is 26.5. The van der Waals surface area contributed by atoms with Gasteiger partial charge in [-0.15, -0.1) is 0 Å². The molecule has 0 amide bonds. The number of nitriles is 4. The van der Waals surface area contributed by atoms with E-state index in [-0.39, 0.29) is 48.0 Å². The number of nitrogens with zero attached hydrogens (tertiary/aromatic N) is 4. The van der Waals surface area contributed by atoms with E-state index in [0.29, 0.717) is 25.7 Å². The van der Waals surface area contributed by atoms with Crippen molar-refractivity contribution in [2.75, 3.05) is 49.3 Å². The molecule has 0 radical (unpaired) electrons. The molecule has 0 unspecified atom stereocenters. The van der Waals surface area contributed by atoms with Crippen molar-refractivity contribution >= 4 is 14.5 Å². The molecule has 1 rings (SSSR count). The van der Waals surface area contributed by atoms with E-state index in [4.69, 9.17) is 21.0 Å². The lowest BCUT2D eigenvalue weighted by Gasteiger charge is -2.37. The molecule has 0 aromatic heterocycles. The molecule has 1 saturated heterocycles. The molecular formula is C16H24I2N4P2. The van der Waals surface area contributed by atoms with Gasteiger partial charge in [-0.3, -0.25) is 0 Å². The first-order chi connectivity index (χ1) is 10.7. The minimum atomic E-state index is -1.15. The molecule has 0 atom stereocenters. The minimum Gasteiger partial charge on any atom is -1.00 e. The second-order valence-corrected chi connectivity index (χ2v) is 15.0.